The molecular formula is C29H35ClF3NO6S. The number of aliphatic hydroxyl groups is 1. The van der Waals surface area contributed by atoms with Crippen LogP contribution in [0.25, 0.3) is 0 Å². The van der Waals surface area contributed by atoms with E-state index < -0.39 is 23.7 Å². The minimum atomic E-state index is -5.19. The molecule has 2 atom stereocenters. The standard InChI is InChI=1S/C27H35ClNO4S.C2HF3O2/c28-22-9-3-4-10-23(22)32-17-6-14-29-15-12-20(13-16-29)24(19-29)33-26(30)27(31,21-7-1-2-8-21)25-11-5-18-34-25;3-2(4,5)1(6)7/h3-5,9-11,18,20-21,24,31H,1-2,6-8,12-17,19H2;(H,6,7)/q+1;/p-1/t20?,24-,27+,29?;/m0./s1. The van der Waals surface area contributed by atoms with Crippen LogP contribution in [0.2, 0.25) is 5.02 Å². The molecule has 3 saturated heterocycles. The fourth-order valence-corrected chi connectivity index (χ4v) is 7.43. The summed E-state index contributed by atoms with van der Waals surface area (Å²) in [4.78, 5) is 23.1. The Balaban J connectivity index is 0.000000493. The smallest absolute Gasteiger partial charge is 0.430 e. The van der Waals surface area contributed by atoms with Gasteiger partial charge in [0.2, 0.25) is 0 Å². The molecule has 2 bridgehead atoms. The van der Waals surface area contributed by atoms with Gasteiger partial charge in [-0.1, -0.05) is 42.6 Å². The van der Waals surface area contributed by atoms with Crippen LogP contribution in [0.4, 0.5) is 13.2 Å². The summed E-state index contributed by atoms with van der Waals surface area (Å²) in [7, 11) is 0. The number of halogens is 4. The van der Waals surface area contributed by atoms with Crippen molar-refractivity contribution in [1.29, 1.82) is 0 Å². The number of piperidine rings is 3. The molecule has 1 aromatic heterocycles. The van der Waals surface area contributed by atoms with Crippen LogP contribution in [-0.2, 0) is 19.9 Å². The molecule has 2 aromatic rings. The Morgan fingerprint density at radius 1 is 1.07 bits per heavy atom. The number of alkyl halides is 3. The number of esters is 1. The molecule has 12 heteroatoms. The number of carboxylic acids is 1. The van der Waals surface area contributed by atoms with Crippen molar-refractivity contribution in [2.45, 2.75) is 62.8 Å². The lowest BCUT2D eigenvalue weighted by atomic mass is 9.82. The third-order valence-corrected chi connectivity index (χ3v) is 9.86. The summed E-state index contributed by atoms with van der Waals surface area (Å²) in [6.45, 7) is 4.72. The van der Waals surface area contributed by atoms with Gasteiger partial charge in [-0.05, 0) is 36.4 Å². The second-order valence-corrected chi connectivity index (χ2v) is 12.5. The normalized spacial score (nSPS) is 25.6. The summed E-state index contributed by atoms with van der Waals surface area (Å²) in [6, 6.07) is 11.4. The van der Waals surface area contributed by atoms with Gasteiger partial charge >= 0.3 is 12.1 Å². The first-order chi connectivity index (χ1) is 19.4. The number of ether oxygens (including phenoxy) is 2. The molecule has 1 saturated carbocycles. The van der Waals surface area contributed by atoms with Crippen LogP contribution < -0.4 is 9.84 Å². The largest absolute Gasteiger partial charge is 0.542 e. The molecule has 3 aliphatic heterocycles. The Labute approximate surface area is 246 Å². The lowest BCUT2D eigenvalue weighted by Gasteiger charge is -2.52. The van der Waals surface area contributed by atoms with Gasteiger partial charge in [0.15, 0.2) is 11.7 Å². The predicted octanol–water partition coefficient (Wildman–Crippen LogP) is 4.70. The molecule has 226 valence electrons. The number of para-hydroxylation sites is 1. The summed E-state index contributed by atoms with van der Waals surface area (Å²) in [5, 5.41) is 23.1. The van der Waals surface area contributed by atoms with E-state index >= 15 is 0 Å². The van der Waals surface area contributed by atoms with Crippen LogP contribution in [0.5, 0.6) is 5.75 Å². The van der Waals surface area contributed by atoms with Crippen molar-refractivity contribution in [1.82, 2.24) is 0 Å². The molecule has 41 heavy (non-hydrogen) atoms. The van der Waals surface area contributed by atoms with E-state index in [0.717, 1.165) is 86.2 Å². The highest BCUT2D eigenvalue weighted by Gasteiger charge is 2.53. The maximum absolute atomic E-state index is 13.5. The van der Waals surface area contributed by atoms with Crippen molar-refractivity contribution in [2.24, 2.45) is 11.8 Å². The van der Waals surface area contributed by atoms with Gasteiger partial charge in [-0.25, -0.2) is 4.79 Å². The molecular weight excluding hydrogens is 583 g/mol. The fraction of sp³-hybridized carbons (Fsp3) is 0.586. The van der Waals surface area contributed by atoms with Gasteiger partial charge in [-0.2, -0.15) is 13.2 Å². The summed E-state index contributed by atoms with van der Waals surface area (Å²) in [5.74, 6) is -2.36. The number of carbonyl (C=O) groups is 2. The molecule has 4 fully saturated rings. The molecule has 1 aliphatic carbocycles. The van der Waals surface area contributed by atoms with E-state index in [1.165, 1.54) is 11.3 Å². The van der Waals surface area contributed by atoms with Gasteiger partial charge in [-0.3, -0.25) is 0 Å². The highest BCUT2D eigenvalue weighted by molar-refractivity contribution is 7.10. The summed E-state index contributed by atoms with van der Waals surface area (Å²) < 4.78 is 44.6. The molecule has 0 spiro atoms. The number of nitrogens with zero attached hydrogens (tertiary/aromatic N) is 1. The first-order valence-corrected chi connectivity index (χ1v) is 15.2. The zero-order valence-corrected chi connectivity index (χ0v) is 24.2. The minimum Gasteiger partial charge on any atom is -0.542 e. The number of benzene rings is 1. The highest BCUT2D eigenvalue weighted by atomic mass is 35.5. The van der Waals surface area contributed by atoms with Crippen molar-refractivity contribution in [3.05, 3.63) is 51.7 Å². The van der Waals surface area contributed by atoms with Crippen LogP contribution >= 0.6 is 22.9 Å². The van der Waals surface area contributed by atoms with Crippen LogP contribution in [0, 0.1) is 11.8 Å². The predicted molar refractivity (Wildman–Crippen MR) is 145 cm³/mol. The molecule has 1 N–H and O–H groups in total. The molecule has 0 amide bonds. The van der Waals surface area contributed by atoms with Crippen LogP contribution in [0.3, 0.4) is 0 Å². The second-order valence-electron chi connectivity index (χ2n) is 11.1. The molecule has 0 unspecified atom stereocenters. The number of hydrogen-bond acceptors (Lipinski definition) is 7. The van der Waals surface area contributed by atoms with Crippen molar-refractivity contribution < 1.29 is 46.9 Å². The third kappa shape index (κ3) is 7.55. The van der Waals surface area contributed by atoms with Gasteiger partial charge in [0.1, 0.15) is 18.3 Å². The number of thiophene rings is 1. The monoisotopic (exact) mass is 617 g/mol. The SMILES string of the molecule is O=C(O[C@H]1C[N+]2(CCCOc3ccccc3Cl)CCC1CC2)[C@](O)(c1cccs1)C1CCCC1.O=C([O-])C(F)(F)F. The number of hydrogen-bond donors (Lipinski definition) is 1. The summed E-state index contributed by atoms with van der Waals surface area (Å²) >= 11 is 7.66. The quantitative estimate of drug-likeness (QED) is 0.249. The van der Waals surface area contributed by atoms with E-state index in [0.29, 0.717) is 17.5 Å². The van der Waals surface area contributed by atoms with Crippen LogP contribution in [0.15, 0.2) is 41.8 Å². The van der Waals surface area contributed by atoms with Gasteiger partial charge in [-0.15, -0.1) is 11.3 Å². The maximum Gasteiger partial charge on any atom is 0.430 e. The van der Waals surface area contributed by atoms with E-state index in [1.807, 2.05) is 41.8 Å². The van der Waals surface area contributed by atoms with E-state index in [2.05, 4.69) is 0 Å². The minimum absolute atomic E-state index is 0.0511. The zero-order chi connectivity index (χ0) is 29.7. The number of fused-ring (bicyclic) bond motifs is 3. The summed E-state index contributed by atoms with van der Waals surface area (Å²) in [5.41, 5.74) is -1.51. The topological polar surface area (TPSA) is 95.9 Å². The zero-order valence-electron chi connectivity index (χ0n) is 22.6. The lowest BCUT2D eigenvalue weighted by Crippen LogP contribution is -2.65. The number of carboxylic acid groups (broad SMARTS) is 1. The third-order valence-electron chi connectivity index (χ3n) is 8.56. The molecule has 1 aromatic carbocycles. The molecule has 4 aliphatic rings. The van der Waals surface area contributed by atoms with E-state index in [1.54, 1.807) is 0 Å². The number of rotatable bonds is 9. The van der Waals surface area contributed by atoms with Crippen molar-refractivity contribution in [3.8, 4) is 5.75 Å². The van der Waals surface area contributed by atoms with Crippen LogP contribution in [-0.4, -0.2) is 66.6 Å². The average Bonchev–Trinajstić information content (AvgIpc) is 3.68. The summed E-state index contributed by atoms with van der Waals surface area (Å²) in [6.07, 6.45) is 1.65. The van der Waals surface area contributed by atoms with Crippen molar-refractivity contribution in [3.63, 3.8) is 0 Å². The Morgan fingerprint density at radius 3 is 2.32 bits per heavy atom. The molecule has 6 rings (SSSR count). The average molecular weight is 618 g/mol. The number of quaternary nitrogens is 1. The maximum atomic E-state index is 13.5. The van der Waals surface area contributed by atoms with Gasteiger partial charge < -0.3 is 29.0 Å². The van der Waals surface area contributed by atoms with Crippen molar-refractivity contribution in [2.75, 3.05) is 32.8 Å². The van der Waals surface area contributed by atoms with Crippen molar-refractivity contribution >= 4 is 34.9 Å². The first kappa shape index (κ1) is 31.6. The van der Waals surface area contributed by atoms with E-state index in [4.69, 9.17) is 31.0 Å². The molecule has 4 heterocycles. The first-order valence-electron chi connectivity index (χ1n) is 13.9. The Morgan fingerprint density at radius 2 is 1.73 bits per heavy atom. The lowest BCUT2D eigenvalue weighted by molar-refractivity contribution is -0.946. The fourth-order valence-electron chi connectivity index (χ4n) is 6.35. The highest BCUT2D eigenvalue weighted by Crippen LogP contribution is 2.44. The van der Waals surface area contributed by atoms with Crippen LogP contribution in [0.1, 0.15) is 49.8 Å². The van der Waals surface area contributed by atoms with E-state index in [-0.39, 0.29) is 12.0 Å². The van der Waals surface area contributed by atoms with Gasteiger partial charge in [0, 0.05) is 36.0 Å². The molecule has 7 nitrogen and oxygen atoms in total. The van der Waals surface area contributed by atoms with E-state index in [9.17, 15) is 23.1 Å². The Kier molecular flexibility index (Phi) is 10.3. The Hall–Kier alpha value is -2.34. The number of carbonyl (C=O) groups excluding carboxylic acids is 2. The number of aliphatic carboxylic acids is 1. The Bertz CT molecular complexity index is 1170. The molecule has 0 radical (unpaired) electrons. The van der Waals surface area contributed by atoms with Gasteiger partial charge in [0.25, 0.3) is 0 Å². The van der Waals surface area contributed by atoms with Gasteiger partial charge in [0.05, 0.1) is 31.3 Å². The second kappa shape index (κ2) is 13.3.